The van der Waals surface area contributed by atoms with Crippen LogP contribution in [-0.2, 0) is 4.79 Å². The molecule has 0 saturated carbocycles. The summed E-state index contributed by atoms with van der Waals surface area (Å²) in [5.41, 5.74) is 2.15. The van der Waals surface area contributed by atoms with Crippen molar-refractivity contribution >= 4 is 23.3 Å². The van der Waals surface area contributed by atoms with Gasteiger partial charge in [-0.2, -0.15) is 10.2 Å². The third-order valence-corrected chi connectivity index (χ3v) is 2.94. The Hall–Kier alpha value is -2.65. The third-order valence-electron chi connectivity index (χ3n) is 2.78. The molecule has 7 heteroatoms. The molecule has 2 rings (SSSR count). The summed E-state index contributed by atoms with van der Waals surface area (Å²) in [6.45, 7) is 5.03. The summed E-state index contributed by atoms with van der Waals surface area (Å²) in [7, 11) is 0. The zero-order chi connectivity index (χ0) is 16.3. The van der Waals surface area contributed by atoms with Crippen molar-refractivity contribution in [3.8, 4) is 17.7 Å². The molecule has 0 aliphatic carbocycles. The Morgan fingerprint density at radius 1 is 1.27 bits per heavy atom. The largest absolute Gasteiger partial charge is 0.438 e. The van der Waals surface area contributed by atoms with Gasteiger partial charge in [-0.3, -0.25) is 4.79 Å². The van der Waals surface area contributed by atoms with Crippen LogP contribution >= 0.6 is 11.6 Å². The SMILES string of the molecule is CC(=O)Nc1cc(Oc2c(C)cc(C#N)cc2C)nc(Cl)n1. The third kappa shape index (κ3) is 3.71. The van der Waals surface area contributed by atoms with Gasteiger partial charge in [-0.25, -0.2) is 4.98 Å². The molecular weight excluding hydrogens is 304 g/mol. The summed E-state index contributed by atoms with van der Waals surface area (Å²) in [5.74, 6) is 0.778. The van der Waals surface area contributed by atoms with E-state index in [1.54, 1.807) is 12.1 Å². The van der Waals surface area contributed by atoms with Crippen LogP contribution in [0.25, 0.3) is 0 Å². The van der Waals surface area contributed by atoms with Crippen LogP contribution in [0.1, 0.15) is 23.6 Å². The van der Waals surface area contributed by atoms with Crippen molar-refractivity contribution < 1.29 is 9.53 Å². The van der Waals surface area contributed by atoms with Crippen LogP contribution in [0.3, 0.4) is 0 Å². The first-order valence-electron chi connectivity index (χ1n) is 6.40. The molecule has 0 aliphatic rings. The molecule has 0 fully saturated rings. The number of carbonyl (C=O) groups is 1. The molecule has 112 valence electrons. The van der Waals surface area contributed by atoms with Crippen molar-refractivity contribution in [2.45, 2.75) is 20.8 Å². The van der Waals surface area contributed by atoms with Gasteiger partial charge in [0.1, 0.15) is 11.6 Å². The fourth-order valence-corrected chi connectivity index (χ4v) is 2.15. The summed E-state index contributed by atoms with van der Waals surface area (Å²) in [6, 6.07) is 7.01. The van der Waals surface area contributed by atoms with E-state index in [-0.39, 0.29) is 22.9 Å². The van der Waals surface area contributed by atoms with Crippen molar-refractivity contribution in [2.75, 3.05) is 5.32 Å². The summed E-state index contributed by atoms with van der Waals surface area (Å²) in [5, 5.41) is 11.4. The van der Waals surface area contributed by atoms with E-state index in [0.29, 0.717) is 11.3 Å². The van der Waals surface area contributed by atoms with Crippen LogP contribution in [0.5, 0.6) is 11.6 Å². The number of nitrogens with one attached hydrogen (secondary N) is 1. The highest BCUT2D eigenvalue weighted by molar-refractivity contribution is 6.28. The Bertz CT molecular complexity index is 761. The van der Waals surface area contributed by atoms with E-state index in [1.807, 2.05) is 13.8 Å². The Balaban J connectivity index is 2.37. The van der Waals surface area contributed by atoms with Crippen LogP contribution < -0.4 is 10.1 Å². The number of rotatable bonds is 3. The molecule has 0 saturated heterocycles. The second kappa shape index (κ2) is 6.41. The quantitative estimate of drug-likeness (QED) is 0.877. The van der Waals surface area contributed by atoms with Crippen LogP contribution in [0.15, 0.2) is 18.2 Å². The number of nitrogens with zero attached hydrogens (tertiary/aromatic N) is 3. The Morgan fingerprint density at radius 2 is 1.91 bits per heavy atom. The Kier molecular flexibility index (Phi) is 4.59. The zero-order valence-electron chi connectivity index (χ0n) is 12.3. The van der Waals surface area contributed by atoms with Gasteiger partial charge in [-0.1, -0.05) is 0 Å². The number of halogens is 1. The zero-order valence-corrected chi connectivity index (χ0v) is 13.0. The molecule has 2 aromatic rings. The summed E-state index contributed by atoms with van der Waals surface area (Å²) < 4.78 is 5.75. The van der Waals surface area contributed by atoms with Crippen molar-refractivity contribution in [1.82, 2.24) is 9.97 Å². The monoisotopic (exact) mass is 316 g/mol. The van der Waals surface area contributed by atoms with E-state index >= 15 is 0 Å². The number of aryl methyl sites for hydroxylation is 2. The van der Waals surface area contributed by atoms with Gasteiger partial charge in [-0.05, 0) is 48.7 Å². The molecule has 1 heterocycles. The van der Waals surface area contributed by atoms with Crippen molar-refractivity contribution in [1.29, 1.82) is 5.26 Å². The highest BCUT2D eigenvalue weighted by atomic mass is 35.5. The number of hydrogen-bond acceptors (Lipinski definition) is 5. The van der Waals surface area contributed by atoms with Gasteiger partial charge < -0.3 is 10.1 Å². The number of carbonyl (C=O) groups excluding carboxylic acids is 1. The number of nitriles is 1. The lowest BCUT2D eigenvalue weighted by Crippen LogP contribution is -2.08. The molecule has 0 radical (unpaired) electrons. The first-order chi connectivity index (χ1) is 10.4. The summed E-state index contributed by atoms with van der Waals surface area (Å²) >= 11 is 5.83. The lowest BCUT2D eigenvalue weighted by Gasteiger charge is -2.12. The van der Waals surface area contributed by atoms with E-state index in [1.165, 1.54) is 13.0 Å². The minimum Gasteiger partial charge on any atom is -0.438 e. The van der Waals surface area contributed by atoms with Crippen molar-refractivity contribution in [3.63, 3.8) is 0 Å². The minimum absolute atomic E-state index is 0.0369. The van der Waals surface area contributed by atoms with Gasteiger partial charge in [0.15, 0.2) is 0 Å². The fraction of sp³-hybridized carbons (Fsp3) is 0.200. The van der Waals surface area contributed by atoms with Gasteiger partial charge in [-0.15, -0.1) is 0 Å². The fourth-order valence-electron chi connectivity index (χ4n) is 1.97. The number of ether oxygens (including phenoxy) is 1. The summed E-state index contributed by atoms with van der Waals surface area (Å²) in [6.07, 6.45) is 0. The summed E-state index contributed by atoms with van der Waals surface area (Å²) in [4.78, 5) is 19.0. The van der Waals surface area contributed by atoms with Gasteiger partial charge in [0.25, 0.3) is 0 Å². The molecule has 1 amide bonds. The molecule has 0 unspecified atom stereocenters. The first kappa shape index (κ1) is 15.7. The van der Waals surface area contributed by atoms with Crippen molar-refractivity contribution in [2.24, 2.45) is 0 Å². The van der Waals surface area contributed by atoms with Crippen molar-refractivity contribution in [3.05, 3.63) is 40.2 Å². The predicted molar refractivity (Wildman–Crippen MR) is 82.1 cm³/mol. The minimum atomic E-state index is -0.272. The highest BCUT2D eigenvalue weighted by Crippen LogP contribution is 2.30. The maximum atomic E-state index is 11.1. The molecule has 0 atom stereocenters. The van der Waals surface area contributed by atoms with Crippen LogP contribution in [0, 0.1) is 25.2 Å². The lowest BCUT2D eigenvalue weighted by atomic mass is 10.1. The van der Waals surface area contributed by atoms with E-state index in [4.69, 9.17) is 21.6 Å². The molecule has 0 spiro atoms. The van der Waals surface area contributed by atoms with Crippen LogP contribution in [0.4, 0.5) is 5.82 Å². The topological polar surface area (TPSA) is 87.9 Å². The molecule has 0 aliphatic heterocycles. The van der Waals surface area contributed by atoms with Gasteiger partial charge in [0, 0.05) is 13.0 Å². The van der Waals surface area contributed by atoms with Gasteiger partial charge in [0.05, 0.1) is 11.6 Å². The average Bonchev–Trinajstić information content (AvgIpc) is 2.41. The maximum Gasteiger partial charge on any atom is 0.227 e. The van der Waals surface area contributed by atoms with E-state index in [0.717, 1.165) is 11.1 Å². The standard InChI is InChI=1S/C15H13ClN4O2/c1-8-4-11(7-17)5-9(2)14(8)22-13-6-12(18-10(3)21)19-15(16)20-13/h4-6H,1-3H3,(H,18,19,20,21). The Labute approximate surface area is 132 Å². The number of aromatic nitrogens is 2. The lowest BCUT2D eigenvalue weighted by molar-refractivity contribution is -0.114. The van der Waals surface area contributed by atoms with Gasteiger partial charge in [0.2, 0.25) is 17.1 Å². The number of amides is 1. The highest BCUT2D eigenvalue weighted by Gasteiger charge is 2.11. The predicted octanol–water partition coefficient (Wildman–Crippen LogP) is 3.37. The average molecular weight is 317 g/mol. The second-order valence-corrected chi connectivity index (χ2v) is 5.03. The molecule has 1 aromatic carbocycles. The first-order valence-corrected chi connectivity index (χ1v) is 6.78. The number of anilines is 1. The molecule has 6 nitrogen and oxygen atoms in total. The normalized spacial score (nSPS) is 9.95. The van der Waals surface area contributed by atoms with Crippen LogP contribution in [-0.4, -0.2) is 15.9 Å². The Morgan fingerprint density at radius 3 is 2.45 bits per heavy atom. The van der Waals surface area contributed by atoms with Gasteiger partial charge >= 0.3 is 0 Å². The number of benzene rings is 1. The molecular formula is C15H13ClN4O2. The van der Waals surface area contributed by atoms with E-state index in [2.05, 4.69) is 21.4 Å². The smallest absolute Gasteiger partial charge is 0.227 e. The molecule has 1 N–H and O–H groups in total. The van der Waals surface area contributed by atoms with Crippen LogP contribution in [0.2, 0.25) is 5.28 Å². The number of hydrogen-bond donors (Lipinski definition) is 1. The second-order valence-electron chi connectivity index (χ2n) is 4.69. The molecule has 0 bridgehead atoms. The maximum absolute atomic E-state index is 11.1. The molecule has 1 aromatic heterocycles. The van der Waals surface area contributed by atoms with E-state index < -0.39 is 0 Å². The van der Waals surface area contributed by atoms with E-state index in [9.17, 15) is 4.79 Å². The molecule has 22 heavy (non-hydrogen) atoms.